The number of nitrogens with one attached hydrogen (secondary N) is 1. The molecule has 0 spiro atoms. The van der Waals surface area contributed by atoms with Crippen molar-refractivity contribution in [2.45, 2.75) is 13.3 Å². The van der Waals surface area contributed by atoms with Crippen LogP contribution in [0.3, 0.4) is 0 Å². The summed E-state index contributed by atoms with van der Waals surface area (Å²) in [7, 11) is 0. The van der Waals surface area contributed by atoms with Crippen LogP contribution < -0.4 is 5.32 Å². The van der Waals surface area contributed by atoms with Crippen molar-refractivity contribution in [1.82, 2.24) is 10.1 Å². The Bertz CT molecular complexity index is 453. The number of hydrogen-bond donors (Lipinski definition) is 1. The standard InChI is InChI=1S/C11H12ClN3O/c1-2-7-13-11-14-10(15-16-11)8-3-5-9(12)6-4-8/h3-6H,2,7H2,1H3,(H,13,14,15). The van der Waals surface area contributed by atoms with Crippen molar-refractivity contribution in [2.24, 2.45) is 0 Å². The molecule has 0 radical (unpaired) electrons. The van der Waals surface area contributed by atoms with Gasteiger partial charge in [-0.2, -0.15) is 4.98 Å². The maximum atomic E-state index is 5.80. The zero-order valence-corrected chi connectivity index (χ0v) is 9.66. The van der Waals surface area contributed by atoms with Crippen molar-refractivity contribution in [3.05, 3.63) is 29.3 Å². The molecule has 1 heterocycles. The lowest BCUT2D eigenvalue weighted by atomic mass is 10.2. The summed E-state index contributed by atoms with van der Waals surface area (Å²) < 4.78 is 5.05. The van der Waals surface area contributed by atoms with Crippen LogP contribution in [0.15, 0.2) is 28.8 Å². The van der Waals surface area contributed by atoms with Crippen molar-refractivity contribution in [2.75, 3.05) is 11.9 Å². The predicted octanol–water partition coefficient (Wildman–Crippen LogP) is 3.21. The Morgan fingerprint density at radius 2 is 2.06 bits per heavy atom. The van der Waals surface area contributed by atoms with E-state index in [1.54, 1.807) is 12.1 Å². The van der Waals surface area contributed by atoms with E-state index in [1.165, 1.54) is 0 Å². The van der Waals surface area contributed by atoms with E-state index in [2.05, 4.69) is 22.4 Å². The molecule has 5 heteroatoms. The smallest absolute Gasteiger partial charge is 0.321 e. The second-order valence-electron chi connectivity index (χ2n) is 3.36. The van der Waals surface area contributed by atoms with E-state index in [1.807, 2.05) is 12.1 Å². The Hall–Kier alpha value is -1.55. The molecular weight excluding hydrogens is 226 g/mol. The first-order chi connectivity index (χ1) is 7.79. The summed E-state index contributed by atoms with van der Waals surface area (Å²) in [5.74, 6) is 0.565. The van der Waals surface area contributed by atoms with Gasteiger partial charge in [0.15, 0.2) is 0 Å². The second kappa shape index (κ2) is 4.99. The van der Waals surface area contributed by atoms with E-state index in [0.717, 1.165) is 18.5 Å². The summed E-state index contributed by atoms with van der Waals surface area (Å²) in [5.41, 5.74) is 0.887. The molecule has 0 unspecified atom stereocenters. The van der Waals surface area contributed by atoms with Gasteiger partial charge in [0.2, 0.25) is 5.82 Å². The Kier molecular flexibility index (Phi) is 3.41. The molecule has 0 aliphatic rings. The molecule has 0 aliphatic heterocycles. The molecule has 0 aliphatic carbocycles. The average molecular weight is 238 g/mol. The molecule has 0 amide bonds. The van der Waals surface area contributed by atoms with Crippen LogP contribution in [0, 0.1) is 0 Å². The fourth-order valence-corrected chi connectivity index (χ4v) is 1.37. The van der Waals surface area contributed by atoms with Crippen molar-refractivity contribution in [3.63, 3.8) is 0 Å². The van der Waals surface area contributed by atoms with Crippen LogP contribution in [-0.4, -0.2) is 16.7 Å². The molecule has 1 aromatic heterocycles. The van der Waals surface area contributed by atoms with Gasteiger partial charge in [-0.05, 0) is 30.7 Å². The van der Waals surface area contributed by atoms with Crippen molar-refractivity contribution in [1.29, 1.82) is 0 Å². The van der Waals surface area contributed by atoms with E-state index >= 15 is 0 Å². The van der Waals surface area contributed by atoms with E-state index in [-0.39, 0.29) is 0 Å². The Labute approximate surface area is 98.6 Å². The maximum absolute atomic E-state index is 5.80. The third-order valence-electron chi connectivity index (χ3n) is 2.05. The van der Waals surface area contributed by atoms with Crippen LogP contribution in [0.25, 0.3) is 11.4 Å². The fourth-order valence-electron chi connectivity index (χ4n) is 1.24. The summed E-state index contributed by atoms with van der Waals surface area (Å²) in [5, 5.41) is 7.60. The van der Waals surface area contributed by atoms with Gasteiger partial charge >= 0.3 is 6.01 Å². The quantitative estimate of drug-likeness (QED) is 0.887. The fraction of sp³-hybridized carbons (Fsp3) is 0.273. The summed E-state index contributed by atoms with van der Waals surface area (Å²) >= 11 is 5.80. The molecule has 1 N–H and O–H groups in total. The highest BCUT2D eigenvalue weighted by Gasteiger charge is 2.07. The topological polar surface area (TPSA) is 51.0 Å². The van der Waals surface area contributed by atoms with Crippen molar-refractivity contribution < 1.29 is 4.52 Å². The number of nitrogens with zero attached hydrogens (tertiary/aromatic N) is 2. The molecule has 0 saturated heterocycles. The summed E-state index contributed by atoms with van der Waals surface area (Å²) in [6.45, 7) is 2.89. The first-order valence-corrected chi connectivity index (χ1v) is 5.51. The maximum Gasteiger partial charge on any atom is 0.321 e. The minimum absolute atomic E-state index is 0.451. The number of anilines is 1. The van der Waals surface area contributed by atoms with Gasteiger partial charge in [0.05, 0.1) is 0 Å². The molecule has 84 valence electrons. The third-order valence-corrected chi connectivity index (χ3v) is 2.31. The highest BCUT2D eigenvalue weighted by molar-refractivity contribution is 6.30. The first kappa shape index (κ1) is 11.0. The molecule has 16 heavy (non-hydrogen) atoms. The third kappa shape index (κ3) is 2.52. The van der Waals surface area contributed by atoms with Crippen LogP contribution in [0.2, 0.25) is 5.02 Å². The summed E-state index contributed by atoms with van der Waals surface area (Å²) in [6.07, 6.45) is 1.01. The van der Waals surface area contributed by atoms with Gasteiger partial charge in [0.25, 0.3) is 0 Å². The highest BCUT2D eigenvalue weighted by atomic mass is 35.5. The highest BCUT2D eigenvalue weighted by Crippen LogP contribution is 2.19. The minimum atomic E-state index is 0.451. The normalized spacial score (nSPS) is 10.4. The lowest BCUT2D eigenvalue weighted by Gasteiger charge is -1.95. The number of aromatic nitrogens is 2. The van der Waals surface area contributed by atoms with Gasteiger partial charge < -0.3 is 9.84 Å². The zero-order valence-electron chi connectivity index (χ0n) is 8.90. The van der Waals surface area contributed by atoms with Crippen molar-refractivity contribution in [3.8, 4) is 11.4 Å². The Morgan fingerprint density at radius 3 is 2.75 bits per heavy atom. The number of halogens is 1. The molecule has 2 aromatic rings. The first-order valence-electron chi connectivity index (χ1n) is 5.13. The lowest BCUT2D eigenvalue weighted by molar-refractivity contribution is 0.432. The van der Waals surface area contributed by atoms with Gasteiger partial charge in [-0.25, -0.2) is 0 Å². The van der Waals surface area contributed by atoms with E-state index in [0.29, 0.717) is 16.9 Å². The average Bonchev–Trinajstić information content (AvgIpc) is 2.76. The number of benzene rings is 1. The molecule has 1 aromatic carbocycles. The SMILES string of the molecule is CCCNc1nc(-c2ccc(Cl)cc2)no1. The van der Waals surface area contributed by atoms with Crippen LogP contribution >= 0.6 is 11.6 Å². The van der Waals surface area contributed by atoms with Crippen molar-refractivity contribution >= 4 is 17.6 Å². The minimum Gasteiger partial charge on any atom is -0.338 e. The number of hydrogen-bond acceptors (Lipinski definition) is 4. The van der Waals surface area contributed by atoms with Gasteiger partial charge in [-0.15, -0.1) is 0 Å². The Balaban J connectivity index is 2.15. The lowest BCUT2D eigenvalue weighted by Crippen LogP contribution is -1.99. The monoisotopic (exact) mass is 237 g/mol. The van der Waals surface area contributed by atoms with Crippen LogP contribution in [0.4, 0.5) is 6.01 Å². The van der Waals surface area contributed by atoms with Gasteiger partial charge in [0, 0.05) is 17.1 Å². The van der Waals surface area contributed by atoms with Gasteiger partial charge in [-0.1, -0.05) is 23.7 Å². The molecule has 2 rings (SSSR count). The summed E-state index contributed by atoms with van der Waals surface area (Å²) in [6, 6.07) is 7.76. The Morgan fingerprint density at radius 1 is 1.31 bits per heavy atom. The second-order valence-corrected chi connectivity index (χ2v) is 3.79. The number of rotatable bonds is 4. The molecule has 0 fully saturated rings. The molecule has 0 bridgehead atoms. The van der Waals surface area contributed by atoms with Crippen LogP contribution in [0.1, 0.15) is 13.3 Å². The predicted molar refractivity (Wildman–Crippen MR) is 63.5 cm³/mol. The van der Waals surface area contributed by atoms with E-state index in [4.69, 9.17) is 16.1 Å². The van der Waals surface area contributed by atoms with Crippen LogP contribution in [-0.2, 0) is 0 Å². The van der Waals surface area contributed by atoms with Gasteiger partial charge in [-0.3, -0.25) is 0 Å². The molecular formula is C11H12ClN3O. The molecule has 0 saturated carbocycles. The van der Waals surface area contributed by atoms with E-state index in [9.17, 15) is 0 Å². The van der Waals surface area contributed by atoms with Gasteiger partial charge in [0.1, 0.15) is 0 Å². The van der Waals surface area contributed by atoms with Crippen LogP contribution in [0.5, 0.6) is 0 Å². The largest absolute Gasteiger partial charge is 0.338 e. The molecule has 0 atom stereocenters. The van der Waals surface area contributed by atoms with E-state index < -0.39 is 0 Å². The molecule has 4 nitrogen and oxygen atoms in total. The summed E-state index contributed by atoms with van der Waals surface area (Å²) in [4.78, 5) is 4.22. The zero-order chi connectivity index (χ0) is 11.4.